The topological polar surface area (TPSA) is 40.7 Å². The Kier molecular flexibility index (Phi) is 3.65. The Labute approximate surface area is 106 Å². The van der Waals surface area contributed by atoms with Crippen LogP contribution in [0.5, 0.6) is 0 Å². The maximum Gasteiger partial charge on any atom is 0.128 e. The Morgan fingerprint density at radius 1 is 1.33 bits per heavy atom. The minimum Gasteiger partial charge on any atom is -0.378 e. The first kappa shape index (κ1) is 12.6. The zero-order valence-corrected chi connectivity index (χ0v) is 11.0. The van der Waals surface area contributed by atoms with Crippen molar-refractivity contribution in [2.75, 3.05) is 5.32 Å². The molecule has 96 valence electrons. The van der Waals surface area contributed by atoms with E-state index in [0.717, 1.165) is 28.5 Å². The number of rotatable bonds is 4. The lowest BCUT2D eigenvalue weighted by Gasteiger charge is -2.06. The summed E-state index contributed by atoms with van der Waals surface area (Å²) in [5.74, 6) is 0.708. The molecular formula is C14H18FN3. The summed E-state index contributed by atoms with van der Waals surface area (Å²) < 4.78 is 13.6. The lowest BCUT2D eigenvalue weighted by Crippen LogP contribution is -2.02. The van der Waals surface area contributed by atoms with Gasteiger partial charge in [0.15, 0.2) is 0 Å². The van der Waals surface area contributed by atoms with E-state index in [0.29, 0.717) is 13.0 Å². The molecule has 0 spiro atoms. The first-order valence-electron chi connectivity index (χ1n) is 6.14. The Morgan fingerprint density at radius 2 is 2.11 bits per heavy atom. The van der Waals surface area contributed by atoms with Gasteiger partial charge in [-0.3, -0.25) is 0 Å². The highest BCUT2D eigenvalue weighted by Crippen LogP contribution is 2.15. The molecule has 0 saturated carbocycles. The van der Waals surface area contributed by atoms with Crippen LogP contribution in [0, 0.1) is 19.7 Å². The Bertz CT molecular complexity index is 526. The van der Waals surface area contributed by atoms with Crippen molar-refractivity contribution in [3.05, 3.63) is 46.8 Å². The highest BCUT2D eigenvalue weighted by atomic mass is 19.1. The molecule has 0 fully saturated rings. The molecule has 0 amide bonds. The third-order valence-electron chi connectivity index (χ3n) is 3.07. The van der Waals surface area contributed by atoms with Gasteiger partial charge in [-0.05, 0) is 38.0 Å². The summed E-state index contributed by atoms with van der Waals surface area (Å²) in [6, 6.07) is 5.24. The summed E-state index contributed by atoms with van der Waals surface area (Å²) in [5, 5.41) is 3.16. The molecule has 2 rings (SSSR count). The van der Waals surface area contributed by atoms with Crippen LogP contribution in [0.4, 0.5) is 10.1 Å². The molecule has 0 aliphatic carbocycles. The Morgan fingerprint density at radius 3 is 2.67 bits per heavy atom. The minimum atomic E-state index is -0.158. The molecule has 2 aromatic rings. The van der Waals surface area contributed by atoms with Gasteiger partial charge in [0.25, 0.3) is 0 Å². The van der Waals surface area contributed by atoms with Gasteiger partial charge in [0.2, 0.25) is 0 Å². The van der Waals surface area contributed by atoms with Crippen molar-refractivity contribution in [1.82, 2.24) is 9.97 Å². The lowest BCUT2D eigenvalue weighted by atomic mass is 10.1. The van der Waals surface area contributed by atoms with Crippen LogP contribution in [0.15, 0.2) is 18.2 Å². The summed E-state index contributed by atoms with van der Waals surface area (Å²) in [7, 11) is 0. The van der Waals surface area contributed by atoms with Crippen LogP contribution >= 0.6 is 0 Å². The number of benzene rings is 1. The van der Waals surface area contributed by atoms with Gasteiger partial charge >= 0.3 is 0 Å². The average molecular weight is 247 g/mol. The van der Waals surface area contributed by atoms with Crippen molar-refractivity contribution in [2.24, 2.45) is 0 Å². The smallest absolute Gasteiger partial charge is 0.128 e. The van der Waals surface area contributed by atoms with E-state index in [1.807, 2.05) is 32.9 Å². The quantitative estimate of drug-likeness (QED) is 0.870. The molecule has 1 aromatic carbocycles. The monoisotopic (exact) mass is 247 g/mol. The number of aryl methyl sites for hydroxylation is 3. The van der Waals surface area contributed by atoms with Crippen LogP contribution in [0.2, 0.25) is 0 Å². The van der Waals surface area contributed by atoms with Gasteiger partial charge in [-0.25, -0.2) is 9.37 Å². The number of halogens is 1. The first-order valence-corrected chi connectivity index (χ1v) is 6.14. The van der Waals surface area contributed by atoms with Gasteiger partial charge in [0, 0.05) is 11.4 Å². The predicted octanol–water partition coefficient (Wildman–Crippen LogP) is 3.34. The zero-order chi connectivity index (χ0) is 13.1. The summed E-state index contributed by atoms with van der Waals surface area (Å²) in [5.41, 5.74) is 3.58. The van der Waals surface area contributed by atoms with Crippen molar-refractivity contribution in [3.8, 4) is 0 Å². The largest absolute Gasteiger partial charge is 0.378 e. The molecule has 0 aliphatic rings. The fraction of sp³-hybridized carbons (Fsp3) is 0.357. The normalized spacial score (nSPS) is 10.7. The van der Waals surface area contributed by atoms with Gasteiger partial charge in [-0.15, -0.1) is 0 Å². The van der Waals surface area contributed by atoms with E-state index in [1.54, 1.807) is 0 Å². The molecule has 0 bridgehead atoms. The summed E-state index contributed by atoms with van der Waals surface area (Å²) >= 11 is 0. The molecule has 0 saturated heterocycles. The van der Waals surface area contributed by atoms with Crippen molar-refractivity contribution >= 4 is 5.69 Å². The molecule has 0 radical (unpaired) electrons. The Balaban J connectivity index is 2.04. The highest BCUT2D eigenvalue weighted by molar-refractivity contribution is 5.45. The number of imidazole rings is 1. The predicted molar refractivity (Wildman–Crippen MR) is 71.2 cm³/mol. The van der Waals surface area contributed by atoms with Gasteiger partial charge < -0.3 is 10.3 Å². The van der Waals surface area contributed by atoms with Crippen LogP contribution in [0.3, 0.4) is 0 Å². The highest BCUT2D eigenvalue weighted by Gasteiger charge is 2.04. The summed E-state index contributed by atoms with van der Waals surface area (Å²) in [4.78, 5) is 7.55. The SMILES string of the molecule is CCc1ccc(NCc2nc(C)c(C)[nH]2)cc1F. The second-order valence-corrected chi connectivity index (χ2v) is 4.41. The van der Waals surface area contributed by atoms with Crippen molar-refractivity contribution in [1.29, 1.82) is 0 Å². The fourth-order valence-electron chi connectivity index (χ4n) is 1.83. The number of nitrogens with one attached hydrogen (secondary N) is 2. The van der Waals surface area contributed by atoms with Gasteiger partial charge in [0.05, 0.1) is 12.2 Å². The standard InChI is InChI=1S/C14H18FN3/c1-4-11-5-6-12(7-13(11)15)16-8-14-17-9(2)10(3)18-14/h5-7,16H,4,8H2,1-3H3,(H,17,18). The zero-order valence-electron chi connectivity index (χ0n) is 11.0. The van der Waals surface area contributed by atoms with Crippen LogP contribution in [-0.2, 0) is 13.0 Å². The lowest BCUT2D eigenvalue weighted by molar-refractivity contribution is 0.612. The number of nitrogens with zero attached hydrogens (tertiary/aromatic N) is 1. The van der Waals surface area contributed by atoms with E-state index in [9.17, 15) is 4.39 Å². The van der Waals surface area contributed by atoms with Crippen LogP contribution in [-0.4, -0.2) is 9.97 Å². The molecule has 1 heterocycles. The van der Waals surface area contributed by atoms with E-state index in [-0.39, 0.29) is 5.82 Å². The van der Waals surface area contributed by atoms with E-state index in [1.165, 1.54) is 6.07 Å². The molecule has 1 aromatic heterocycles. The van der Waals surface area contributed by atoms with Crippen LogP contribution in [0.25, 0.3) is 0 Å². The third kappa shape index (κ3) is 2.70. The van der Waals surface area contributed by atoms with E-state index < -0.39 is 0 Å². The molecule has 0 atom stereocenters. The second kappa shape index (κ2) is 5.21. The number of hydrogen-bond acceptors (Lipinski definition) is 2. The molecule has 4 heteroatoms. The number of aromatic amines is 1. The molecule has 18 heavy (non-hydrogen) atoms. The Hall–Kier alpha value is -1.84. The average Bonchev–Trinajstić information content (AvgIpc) is 2.66. The number of anilines is 1. The summed E-state index contributed by atoms with van der Waals surface area (Å²) in [6.07, 6.45) is 0.711. The van der Waals surface area contributed by atoms with Crippen LogP contribution < -0.4 is 5.32 Å². The van der Waals surface area contributed by atoms with E-state index in [4.69, 9.17) is 0 Å². The second-order valence-electron chi connectivity index (χ2n) is 4.41. The molecule has 0 unspecified atom stereocenters. The van der Waals surface area contributed by atoms with Gasteiger partial charge in [-0.2, -0.15) is 0 Å². The van der Waals surface area contributed by atoms with Gasteiger partial charge in [0.1, 0.15) is 11.6 Å². The van der Waals surface area contributed by atoms with Crippen molar-refractivity contribution < 1.29 is 4.39 Å². The molecule has 3 nitrogen and oxygen atoms in total. The molecule has 2 N–H and O–H groups in total. The van der Waals surface area contributed by atoms with Crippen LogP contribution in [0.1, 0.15) is 29.7 Å². The minimum absolute atomic E-state index is 0.158. The van der Waals surface area contributed by atoms with E-state index in [2.05, 4.69) is 15.3 Å². The third-order valence-corrected chi connectivity index (χ3v) is 3.07. The maximum absolute atomic E-state index is 13.6. The fourth-order valence-corrected chi connectivity index (χ4v) is 1.83. The number of aromatic nitrogens is 2. The maximum atomic E-state index is 13.6. The van der Waals surface area contributed by atoms with Gasteiger partial charge in [-0.1, -0.05) is 13.0 Å². The number of hydrogen-bond donors (Lipinski definition) is 2. The van der Waals surface area contributed by atoms with E-state index >= 15 is 0 Å². The summed E-state index contributed by atoms with van der Waals surface area (Å²) in [6.45, 7) is 6.46. The van der Waals surface area contributed by atoms with Crippen molar-refractivity contribution in [2.45, 2.75) is 33.7 Å². The molecule has 0 aliphatic heterocycles. The first-order chi connectivity index (χ1) is 8.60. The number of H-pyrrole nitrogens is 1. The van der Waals surface area contributed by atoms with Crippen molar-refractivity contribution in [3.63, 3.8) is 0 Å². The molecular weight excluding hydrogens is 229 g/mol.